The molecule has 8 nitrogen and oxygen atoms in total. The van der Waals surface area contributed by atoms with E-state index in [4.69, 9.17) is 0 Å². The summed E-state index contributed by atoms with van der Waals surface area (Å²) in [5, 5.41) is 2.84. The third-order valence-electron chi connectivity index (χ3n) is 5.47. The van der Waals surface area contributed by atoms with Crippen molar-refractivity contribution in [3.8, 4) is 0 Å². The van der Waals surface area contributed by atoms with Crippen molar-refractivity contribution in [1.29, 1.82) is 0 Å². The first kappa shape index (κ1) is 28.3. The zero-order valence-corrected chi connectivity index (χ0v) is 21.8. The summed E-state index contributed by atoms with van der Waals surface area (Å²) in [6.45, 7) is 5.70. The maximum Gasteiger partial charge on any atom is 0.304 e. The Morgan fingerprint density at radius 2 is 1.57 bits per heavy atom. The maximum absolute atomic E-state index is 13.5. The Balaban J connectivity index is 2.35. The van der Waals surface area contributed by atoms with Gasteiger partial charge in [0.15, 0.2) is 0 Å². The minimum absolute atomic E-state index is 0.147. The van der Waals surface area contributed by atoms with Crippen LogP contribution < -0.4 is 9.62 Å². The van der Waals surface area contributed by atoms with Crippen LogP contribution in [-0.4, -0.2) is 69.2 Å². The lowest BCUT2D eigenvalue weighted by molar-refractivity contribution is -0.138. The van der Waals surface area contributed by atoms with Crippen LogP contribution in [0.25, 0.3) is 0 Å². The summed E-state index contributed by atoms with van der Waals surface area (Å²) in [7, 11) is -1.37. The molecule has 0 aliphatic rings. The van der Waals surface area contributed by atoms with Crippen molar-refractivity contribution >= 4 is 27.7 Å². The molecule has 2 amide bonds. The van der Waals surface area contributed by atoms with Gasteiger partial charge in [0, 0.05) is 27.2 Å². The smallest absolute Gasteiger partial charge is 0.304 e. The fourth-order valence-electron chi connectivity index (χ4n) is 3.35. The molecule has 0 aliphatic heterocycles. The van der Waals surface area contributed by atoms with Gasteiger partial charge in [0.05, 0.1) is 5.69 Å². The van der Waals surface area contributed by atoms with Crippen LogP contribution in [0.5, 0.6) is 0 Å². The first-order chi connectivity index (χ1) is 16.4. The first-order valence-electron chi connectivity index (χ1n) is 11.5. The van der Waals surface area contributed by atoms with Gasteiger partial charge in [0.1, 0.15) is 18.4 Å². The van der Waals surface area contributed by atoms with Crippen molar-refractivity contribution in [1.82, 2.24) is 14.5 Å². The molecule has 1 N–H and O–H groups in total. The van der Waals surface area contributed by atoms with E-state index in [1.165, 1.54) is 31.1 Å². The highest BCUT2D eigenvalue weighted by Gasteiger charge is 2.32. The van der Waals surface area contributed by atoms with E-state index in [1.54, 1.807) is 6.92 Å². The predicted octanol–water partition coefficient (Wildman–Crippen LogP) is 2.67. The summed E-state index contributed by atoms with van der Waals surface area (Å²) in [6.07, 6.45) is 0.491. The Hall–Kier alpha value is -2.98. The molecule has 0 heterocycles. The van der Waals surface area contributed by atoms with Gasteiger partial charge in [0.25, 0.3) is 0 Å². The average Bonchev–Trinajstić information content (AvgIpc) is 2.82. The lowest BCUT2D eigenvalue weighted by atomic mass is 10.1. The van der Waals surface area contributed by atoms with Gasteiger partial charge in [-0.25, -0.2) is 8.70 Å². The van der Waals surface area contributed by atoms with Gasteiger partial charge in [-0.15, -0.1) is 0 Å². The van der Waals surface area contributed by atoms with E-state index in [2.05, 4.69) is 5.32 Å². The highest BCUT2D eigenvalue weighted by atomic mass is 32.2. The summed E-state index contributed by atoms with van der Waals surface area (Å²) in [4.78, 5) is 27.7. The van der Waals surface area contributed by atoms with Crippen LogP contribution in [0.4, 0.5) is 10.1 Å². The molecule has 1 atom stereocenters. The molecule has 0 unspecified atom stereocenters. The molecule has 192 valence electrons. The second-order valence-corrected chi connectivity index (χ2v) is 11.0. The topological polar surface area (TPSA) is 90.0 Å². The van der Waals surface area contributed by atoms with E-state index in [0.717, 1.165) is 26.3 Å². The monoisotopic (exact) mass is 506 g/mol. The van der Waals surface area contributed by atoms with Gasteiger partial charge in [-0.2, -0.15) is 12.7 Å². The lowest BCUT2D eigenvalue weighted by Gasteiger charge is -2.33. The van der Waals surface area contributed by atoms with Crippen LogP contribution in [0, 0.1) is 11.7 Å². The number of nitrogens with zero attached hydrogens (tertiary/aromatic N) is 3. The van der Waals surface area contributed by atoms with Gasteiger partial charge in [-0.05, 0) is 49.1 Å². The van der Waals surface area contributed by atoms with Crippen molar-refractivity contribution < 1.29 is 22.4 Å². The molecule has 0 aliphatic carbocycles. The van der Waals surface area contributed by atoms with Crippen LogP contribution in [0.1, 0.15) is 26.3 Å². The van der Waals surface area contributed by atoms with Crippen LogP contribution in [0.15, 0.2) is 54.6 Å². The van der Waals surface area contributed by atoms with Crippen molar-refractivity contribution in [2.24, 2.45) is 5.92 Å². The summed E-state index contributed by atoms with van der Waals surface area (Å²) < 4.78 is 41.5. The first-order valence-corrected chi connectivity index (χ1v) is 12.9. The number of rotatable bonds is 12. The van der Waals surface area contributed by atoms with E-state index in [-0.39, 0.29) is 24.1 Å². The zero-order chi connectivity index (χ0) is 26.2. The standard InChI is InChI=1S/C25H35FN4O4S/c1-19(2)17-27-25(32)20(3)29(16-15-21-9-7-6-8-10-21)24(31)18-30(35(33,34)28(4)5)23-13-11-22(26)12-14-23/h6-14,19-20H,15-18H2,1-5H3,(H,27,32)/t20-/m0/s1. The molecule has 0 saturated heterocycles. The van der Waals surface area contributed by atoms with Gasteiger partial charge in [-0.1, -0.05) is 44.2 Å². The minimum Gasteiger partial charge on any atom is -0.354 e. The molecule has 0 saturated carbocycles. The molecule has 2 aromatic rings. The number of anilines is 1. The molecule has 2 rings (SSSR count). The number of hydrogen-bond acceptors (Lipinski definition) is 4. The Morgan fingerprint density at radius 1 is 0.971 bits per heavy atom. The SMILES string of the molecule is CC(C)CNC(=O)[C@H](C)N(CCc1ccccc1)C(=O)CN(c1ccc(F)cc1)S(=O)(=O)N(C)C. The summed E-state index contributed by atoms with van der Waals surface area (Å²) in [6, 6.07) is 13.6. The second-order valence-electron chi connectivity index (χ2n) is 8.91. The number of carbonyl (C=O) groups excluding carboxylic acids is 2. The molecular weight excluding hydrogens is 471 g/mol. The van der Waals surface area contributed by atoms with E-state index in [9.17, 15) is 22.4 Å². The van der Waals surface area contributed by atoms with Crippen molar-refractivity contribution in [3.63, 3.8) is 0 Å². The summed E-state index contributed by atoms with van der Waals surface area (Å²) >= 11 is 0. The molecule has 2 aromatic carbocycles. The molecular formula is C25H35FN4O4S. The number of halogens is 1. The van der Waals surface area contributed by atoms with Crippen molar-refractivity contribution in [2.45, 2.75) is 33.2 Å². The highest BCUT2D eigenvalue weighted by molar-refractivity contribution is 7.90. The summed E-state index contributed by atoms with van der Waals surface area (Å²) in [5.74, 6) is -1.15. The van der Waals surface area contributed by atoms with E-state index < -0.39 is 34.5 Å². The average molecular weight is 507 g/mol. The Labute approximate surface area is 207 Å². The number of hydrogen-bond donors (Lipinski definition) is 1. The molecule has 0 fully saturated rings. The number of amides is 2. The van der Waals surface area contributed by atoms with E-state index >= 15 is 0 Å². The fourth-order valence-corrected chi connectivity index (χ4v) is 4.40. The van der Waals surface area contributed by atoms with Crippen molar-refractivity contribution in [2.75, 3.05) is 38.0 Å². The molecule has 35 heavy (non-hydrogen) atoms. The quantitative estimate of drug-likeness (QED) is 0.479. The van der Waals surface area contributed by atoms with E-state index in [0.29, 0.717) is 13.0 Å². The van der Waals surface area contributed by atoms with Crippen LogP contribution in [0.3, 0.4) is 0 Å². The fraction of sp³-hybridized carbons (Fsp3) is 0.440. The van der Waals surface area contributed by atoms with Crippen LogP contribution in [0.2, 0.25) is 0 Å². The molecule has 10 heteroatoms. The van der Waals surface area contributed by atoms with Gasteiger partial charge < -0.3 is 10.2 Å². The van der Waals surface area contributed by atoms with Crippen molar-refractivity contribution in [3.05, 3.63) is 66.0 Å². The maximum atomic E-state index is 13.5. The number of nitrogens with one attached hydrogen (secondary N) is 1. The largest absolute Gasteiger partial charge is 0.354 e. The zero-order valence-electron chi connectivity index (χ0n) is 20.9. The Kier molecular flexibility index (Phi) is 10.2. The summed E-state index contributed by atoms with van der Waals surface area (Å²) in [5.41, 5.74) is 1.13. The van der Waals surface area contributed by atoms with Gasteiger partial charge >= 0.3 is 10.2 Å². The third-order valence-corrected chi connectivity index (χ3v) is 7.29. The highest BCUT2D eigenvalue weighted by Crippen LogP contribution is 2.21. The third kappa shape index (κ3) is 8.03. The van der Waals surface area contributed by atoms with Crippen LogP contribution in [-0.2, 0) is 26.2 Å². The number of carbonyl (C=O) groups is 2. The Morgan fingerprint density at radius 3 is 2.11 bits per heavy atom. The molecule has 0 radical (unpaired) electrons. The number of benzene rings is 2. The molecule has 0 spiro atoms. The molecule has 0 bridgehead atoms. The van der Waals surface area contributed by atoms with E-state index in [1.807, 2.05) is 44.2 Å². The van der Waals surface area contributed by atoms with Gasteiger partial charge in [-0.3, -0.25) is 9.59 Å². The van der Waals surface area contributed by atoms with Gasteiger partial charge in [0.2, 0.25) is 11.8 Å². The Bertz CT molecular complexity index is 1080. The lowest BCUT2D eigenvalue weighted by Crippen LogP contribution is -2.53. The predicted molar refractivity (Wildman–Crippen MR) is 136 cm³/mol. The second kappa shape index (κ2) is 12.6. The minimum atomic E-state index is -4.07. The normalized spacial score (nSPS) is 12.5. The molecule has 0 aromatic heterocycles. The van der Waals surface area contributed by atoms with Crippen LogP contribution >= 0.6 is 0 Å².